The molecule has 0 bridgehead atoms. The molecule has 0 aromatic heterocycles. The number of esters is 1. The number of rotatable bonds is 6. The van der Waals surface area contributed by atoms with Gasteiger partial charge in [-0.1, -0.05) is 30.3 Å². The molecular weight excluding hydrogens is 582 g/mol. The lowest BCUT2D eigenvalue weighted by atomic mass is 9.53. The van der Waals surface area contributed by atoms with E-state index in [4.69, 9.17) is 15.2 Å². The Kier molecular flexibility index (Phi) is 7.36. The first kappa shape index (κ1) is 29.9. The molecule has 0 spiro atoms. The number of amides is 1. The predicted octanol–water partition coefficient (Wildman–Crippen LogP) is 2.15. The normalized spacial score (nSPS) is 25.6. The predicted molar refractivity (Wildman–Crippen MR) is 156 cm³/mol. The molecule has 230 valence electrons. The smallest absolute Gasteiger partial charge is 0.315 e. The van der Waals surface area contributed by atoms with E-state index in [2.05, 4.69) is 0 Å². The van der Waals surface area contributed by atoms with Crippen LogP contribution in [0.15, 0.2) is 60.7 Å². The van der Waals surface area contributed by atoms with Gasteiger partial charge in [0.1, 0.15) is 17.2 Å². The Hall–Kier alpha value is -5.16. The lowest BCUT2D eigenvalue weighted by molar-refractivity contribution is -0.175. The van der Waals surface area contributed by atoms with Gasteiger partial charge in [-0.25, -0.2) is 0 Å². The standard InChI is InChI=1S/C34H29NO10/c1-44-20-6-8-21(9-7-20)45-26(38)12-16-2-4-17(5-3-16)22-10-11-24(36)28-23(22)14-18-13-19-15-25(37)29(33(35)42)32(41)34(19,43)31(40)27(18)30(28)39/h2-11,18-19,27,29,36,43H,12-15H2,1H3,(H2,35,42)/t18-,19+,27?,29?,34+/m1/s1. The number of fused-ring (bicyclic) bond motifs is 3. The number of primary amides is 1. The number of benzene rings is 3. The summed E-state index contributed by atoms with van der Waals surface area (Å²) in [5.41, 5.74) is 4.95. The van der Waals surface area contributed by atoms with Gasteiger partial charge in [0.15, 0.2) is 34.7 Å². The largest absolute Gasteiger partial charge is 0.507 e. The average Bonchev–Trinajstić information content (AvgIpc) is 3.00. The van der Waals surface area contributed by atoms with Gasteiger partial charge in [0.05, 0.1) is 25.0 Å². The number of phenols is 1. The first-order chi connectivity index (χ1) is 21.4. The van der Waals surface area contributed by atoms with Crippen molar-refractivity contribution in [1.82, 2.24) is 0 Å². The van der Waals surface area contributed by atoms with E-state index in [0.29, 0.717) is 33.8 Å². The number of aromatic hydroxyl groups is 1. The van der Waals surface area contributed by atoms with E-state index in [9.17, 15) is 39.0 Å². The molecule has 0 saturated heterocycles. The fraction of sp³-hybridized carbons (Fsp3) is 0.294. The molecule has 0 radical (unpaired) electrons. The minimum absolute atomic E-state index is 0.00267. The van der Waals surface area contributed by atoms with E-state index in [1.165, 1.54) is 13.2 Å². The van der Waals surface area contributed by atoms with E-state index in [1.807, 2.05) is 0 Å². The van der Waals surface area contributed by atoms with Gasteiger partial charge in [0.25, 0.3) is 0 Å². The molecule has 3 aliphatic rings. The monoisotopic (exact) mass is 611 g/mol. The number of nitrogens with two attached hydrogens (primary N) is 1. The molecule has 45 heavy (non-hydrogen) atoms. The van der Waals surface area contributed by atoms with Crippen LogP contribution in [0.25, 0.3) is 11.1 Å². The third kappa shape index (κ3) is 4.89. The topological polar surface area (TPSA) is 187 Å². The SMILES string of the molecule is COc1ccc(OC(=O)Cc2ccc(-c3ccc(O)c4c3C[C@H]3C[C@H]5CC(=O)C(C(N)=O)C(=O)[C@@]5(O)C(=O)C3C4=O)cc2)cc1. The van der Waals surface area contributed by atoms with Gasteiger partial charge < -0.3 is 25.4 Å². The quantitative estimate of drug-likeness (QED) is 0.212. The average molecular weight is 612 g/mol. The van der Waals surface area contributed by atoms with Crippen molar-refractivity contribution >= 4 is 35.0 Å². The van der Waals surface area contributed by atoms with Crippen LogP contribution < -0.4 is 15.2 Å². The van der Waals surface area contributed by atoms with Gasteiger partial charge in [-0.2, -0.15) is 0 Å². The summed E-state index contributed by atoms with van der Waals surface area (Å²) in [6, 6.07) is 16.6. The van der Waals surface area contributed by atoms with Crippen molar-refractivity contribution in [3.05, 3.63) is 77.4 Å². The van der Waals surface area contributed by atoms with Crippen molar-refractivity contribution in [2.75, 3.05) is 7.11 Å². The number of methoxy groups -OCH3 is 1. The van der Waals surface area contributed by atoms with Crippen LogP contribution in [0.5, 0.6) is 17.2 Å². The van der Waals surface area contributed by atoms with Crippen molar-refractivity contribution < 1.29 is 48.5 Å². The lowest BCUT2D eigenvalue weighted by Crippen LogP contribution is -2.68. The Balaban J connectivity index is 1.26. The van der Waals surface area contributed by atoms with Crippen LogP contribution >= 0.6 is 0 Å². The highest BCUT2D eigenvalue weighted by Gasteiger charge is 2.66. The van der Waals surface area contributed by atoms with E-state index in [1.54, 1.807) is 54.6 Å². The molecule has 11 heteroatoms. The Bertz CT molecular complexity index is 1780. The molecule has 11 nitrogen and oxygen atoms in total. The molecule has 3 aromatic rings. The van der Waals surface area contributed by atoms with Gasteiger partial charge in [-0.3, -0.25) is 28.8 Å². The van der Waals surface area contributed by atoms with Crippen LogP contribution in [0.1, 0.15) is 34.3 Å². The number of hydrogen-bond donors (Lipinski definition) is 3. The van der Waals surface area contributed by atoms with E-state index >= 15 is 0 Å². The summed E-state index contributed by atoms with van der Waals surface area (Å²) >= 11 is 0. The minimum atomic E-state index is -2.69. The molecule has 6 rings (SSSR count). The van der Waals surface area contributed by atoms with Crippen molar-refractivity contribution in [2.24, 2.45) is 29.4 Å². The van der Waals surface area contributed by atoms with Crippen LogP contribution in [0.2, 0.25) is 0 Å². The highest BCUT2D eigenvalue weighted by Crippen LogP contribution is 2.51. The minimum Gasteiger partial charge on any atom is -0.507 e. The second-order valence-electron chi connectivity index (χ2n) is 11.7. The summed E-state index contributed by atoms with van der Waals surface area (Å²) in [5.74, 6) is -10.1. The van der Waals surface area contributed by atoms with Crippen LogP contribution in [-0.4, -0.2) is 57.9 Å². The first-order valence-electron chi connectivity index (χ1n) is 14.4. The van der Waals surface area contributed by atoms with Crippen LogP contribution in [0.3, 0.4) is 0 Å². The fourth-order valence-electron chi connectivity index (χ4n) is 7.02. The third-order valence-corrected chi connectivity index (χ3v) is 9.19. The van der Waals surface area contributed by atoms with Crippen LogP contribution in [0, 0.1) is 23.7 Å². The van der Waals surface area contributed by atoms with E-state index < -0.39 is 70.7 Å². The number of Topliss-reactive ketones (excluding diaryl/α,β-unsaturated/α-hetero) is 4. The summed E-state index contributed by atoms with van der Waals surface area (Å²) in [5, 5.41) is 22.1. The highest BCUT2D eigenvalue weighted by molar-refractivity contribution is 6.31. The number of ether oxygens (including phenoxy) is 2. The number of carbonyl (C=O) groups excluding carboxylic acids is 6. The van der Waals surface area contributed by atoms with Gasteiger partial charge >= 0.3 is 5.97 Å². The Labute approximate surface area is 256 Å². The molecule has 5 atom stereocenters. The van der Waals surface area contributed by atoms with Crippen molar-refractivity contribution in [3.8, 4) is 28.4 Å². The maximum absolute atomic E-state index is 13.8. The van der Waals surface area contributed by atoms with Crippen molar-refractivity contribution in [3.63, 3.8) is 0 Å². The zero-order valence-electron chi connectivity index (χ0n) is 24.1. The molecule has 2 saturated carbocycles. The summed E-state index contributed by atoms with van der Waals surface area (Å²) in [6.07, 6.45) is -0.236. The number of carbonyl (C=O) groups is 6. The zero-order chi connectivity index (χ0) is 32.2. The number of phenolic OH excluding ortho intramolecular Hbond substituents is 1. The molecule has 0 aliphatic heterocycles. The molecule has 0 heterocycles. The maximum Gasteiger partial charge on any atom is 0.315 e. The first-order valence-corrected chi connectivity index (χ1v) is 14.4. The summed E-state index contributed by atoms with van der Waals surface area (Å²) in [4.78, 5) is 77.5. The number of aliphatic hydroxyl groups is 1. The Morgan fingerprint density at radius 2 is 1.58 bits per heavy atom. The Morgan fingerprint density at radius 1 is 0.911 bits per heavy atom. The molecule has 4 N–H and O–H groups in total. The lowest BCUT2D eigenvalue weighted by Gasteiger charge is -2.48. The molecule has 1 amide bonds. The highest BCUT2D eigenvalue weighted by atomic mass is 16.5. The van der Waals surface area contributed by atoms with Crippen LogP contribution in [-0.2, 0) is 36.8 Å². The van der Waals surface area contributed by atoms with Gasteiger partial charge in [0, 0.05) is 12.3 Å². The van der Waals surface area contributed by atoms with E-state index in [0.717, 1.165) is 0 Å². The van der Waals surface area contributed by atoms with Crippen molar-refractivity contribution in [2.45, 2.75) is 31.3 Å². The molecule has 3 aliphatic carbocycles. The zero-order valence-corrected chi connectivity index (χ0v) is 24.1. The summed E-state index contributed by atoms with van der Waals surface area (Å²) in [6.45, 7) is 0. The second kappa shape index (κ2) is 11.1. The third-order valence-electron chi connectivity index (χ3n) is 9.19. The van der Waals surface area contributed by atoms with E-state index in [-0.39, 0.29) is 30.6 Å². The molecular formula is C34H29NO10. The molecule has 2 unspecified atom stereocenters. The summed E-state index contributed by atoms with van der Waals surface area (Å²) in [7, 11) is 1.54. The summed E-state index contributed by atoms with van der Waals surface area (Å²) < 4.78 is 10.5. The van der Waals surface area contributed by atoms with Crippen LogP contribution in [0.4, 0.5) is 0 Å². The number of hydrogen-bond acceptors (Lipinski definition) is 10. The maximum atomic E-state index is 13.8. The fourth-order valence-corrected chi connectivity index (χ4v) is 7.02. The molecule has 3 aromatic carbocycles. The van der Waals surface area contributed by atoms with Gasteiger partial charge in [0.2, 0.25) is 5.91 Å². The van der Waals surface area contributed by atoms with Crippen molar-refractivity contribution in [1.29, 1.82) is 0 Å². The van der Waals surface area contributed by atoms with Gasteiger partial charge in [-0.15, -0.1) is 0 Å². The molecule has 2 fully saturated rings. The van der Waals surface area contributed by atoms with Gasteiger partial charge in [-0.05, 0) is 71.3 Å². The number of ketones is 4. The second-order valence-corrected chi connectivity index (χ2v) is 11.7. The Morgan fingerprint density at radius 3 is 2.22 bits per heavy atom.